The molecule has 0 unspecified atom stereocenters. The fraction of sp³-hybridized carbons (Fsp3) is 0.263. The van der Waals surface area contributed by atoms with Gasteiger partial charge in [0.15, 0.2) is 0 Å². The summed E-state index contributed by atoms with van der Waals surface area (Å²) in [6.07, 6.45) is 1.91. The Morgan fingerprint density at radius 3 is 2.57 bits per heavy atom. The van der Waals surface area contributed by atoms with Crippen LogP contribution in [0.5, 0.6) is 0 Å². The number of aromatic nitrogens is 2. The number of benzene rings is 1. The first-order chi connectivity index (χ1) is 11.1. The maximum atomic E-state index is 12.7. The fourth-order valence-corrected chi connectivity index (χ4v) is 2.88. The summed E-state index contributed by atoms with van der Waals surface area (Å²) in [6.45, 7) is 6.33. The maximum Gasteiger partial charge on any atom is 0.340 e. The summed E-state index contributed by atoms with van der Waals surface area (Å²) in [6, 6.07) is 13.7. The van der Waals surface area contributed by atoms with Gasteiger partial charge in [-0.1, -0.05) is 44.2 Å². The molecule has 0 saturated carbocycles. The fourth-order valence-electron chi connectivity index (χ4n) is 2.88. The highest BCUT2D eigenvalue weighted by Crippen LogP contribution is 2.32. The van der Waals surface area contributed by atoms with E-state index in [2.05, 4.69) is 18.9 Å². The summed E-state index contributed by atoms with van der Waals surface area (Å²) in [7, 11) is 0. The number of hydrogen-bond acceptors (Lipinski definition) is 3. The Kier molecular flexibility index (Phi) is 4.15. The third-order valence-electron chi connectivity index (χ3n) is 3.82. The molecule has 0 atom stereocenters. The standard InChI is InChI=1S/C19H20N2O2/c1-4-23-19(22)17-16(13(2)3)15-11-8-12-21(15)20-18(17)14-9-6-5-7-10-14/h5-13H,4H2,1-3H3. The summed E-state index contributed by atoms with van der Waals surface area (Å²) in [5, 5.41) is 4.67. The Bertz CT molecular complexity index is 835. The van der Waals surface area contributed by atoms with E-state index in [0.29, 0.717) is 17.9 Å². The monoisotopic (exact) mass is 308 g/mol. The SMILES string of the molecule is CCOC(=O)c1c(-c2ccccc2)nn2cccc2c1C(C)C. The van der Waals surface area contributed by atoms with E-state index < -0.39 is 0 Å². The van der Waals surface area contributed by atoms with Crippen molar-refractivity contribution in [1.82, 2.24) is 9.61 Å². The van der Waals surface area contributed by atoms with Crippen molar-refractivity contribution in [2.45, 2.75) is 26.7 Å². The first kappa shape index (κ1) is 15.3. The zero-order valence-corrected chi connectivity index (χ0v) is 13.6. The summed E-state index contributed by atoms with van der Waals surface area (Å²) >= 11 is 0. The van der Waals surface area contributed by atoms with Crippen molar-refractivity contribution < 1.29 is 9.53 Å². The Morgan fingerprint density at radius 2 is 1.91 bits per heavy atom. The van der Waals surface area contributed by atoms with Crippen LogP contribution in [0, 0.1) is 0 Å². The van der Waals surface area contributed by atoms with Crippen LogP contribution in [0.15, 0.2) is 48.7 Å². The first-order valence-electron chi connectivity index (χ1n) is 7.87. The molecule has 4 nitrogen and oxygen atoms in total. The third-order valence-corrected chi connectivity index (χ3v) is 3.82. The highest BCUT2D eigenvalue weighted by Gasteiger charge is 2.25. The number of ether oxygens (including phenoxy) is 1. The average molecular weight is 308 g/mol. The molecule has 0 radical (unpaired) electrons. The number of carbonyl (C=O) groups excluding carboxylic acids is 1. The molecule has 0 N–H and O–H groups in total. The Labute approximate surface area is 135 Å². The van der Waals surface area contributed by atoms with E-state index in [1.807, 2.05) is 60.1 Å². The molecule has 2 aromatic heterocycles. The molecule has 118 valence electrons. The Hall–Kier alpha value is -2.62. The van der Waals surface area contributed by atoms with Crippen LogP contribution in [0.25, 0.3) is 16.8 Å². The van der Waals surface area contributed by atoms with Crippen molar-refractivity contribution in [2.24, 2.45) is 0 Å². The lowest BCUT2D eigenvalue weighted by Gasteiger charge is -2.17. The van der Waals surface area contributed by atoms with Gasteiger partial charge in [-0.3, -0.25) is 0 Å². The Morgan fingerprint density at radius 1 is 1.17 bits per heavy atom. The average Bonchev–Trinajstić information content (AvgIpc) is 3.02. The van der Waals surface area contributed by atoms with E-state index in [-0.39, 0.29) is 11.9 Å². The van der Waals surface area contributed by atoms with Gasteiger partial charge in [0.05, 0.1) is 17.7 Å². The zero-order valence-electron chi connectivity index (χ0n) is 13.6. The van der Waals surface area contributed by atoms with Crippen LogP contribution in [0.4, 0.5) is 0 Å². The number of carbonyl (C=O) groups is 1. The molecule has 4 heteroatoms. The highest BCUT2D eigenvalue weighted by molar-refractivity contribution is 5.99. The van der Waals surface area contributed by atoms with Crippen molar-refractivity contribution in [3.63, 3.8) is 0 Å². The van der Waals surface area contributed by atoms with Crippen LogP contribution in [0.2, 0.25) is 0 Å². The minimum atomic E-state index is -0.314. The molecule has 3 rings (SSSR count). The number of rotatable bonds is 4. The minimum Gasteiger partial charge on any atom is -0.462 e. The van der Waals surface area contributed by atoms with Gasteiger partial charge in [-0.15, -0.1) is 0 Å². The predicted molar refractivity (Wildman–Crippen MR) is 90.7 cm³/mol. The normalized spacial score (nSPS) is 11.1. The second-order valence-electron chi connectivity index (χ2n) is 5.72. The lowest BCUT2D eigenvalue weighted by molar-refractivity contribution is 0.0525. The smallest absolute Gasteiger partial charge is 0.340 e. The minimum absolute atomic E-state index is 0.178. The van der Waals surface area contributed by atoms with E-state index in [0.717, 1.165) is 16.6 Å². The summed E-state index contributed by atoms with van der Waals surface area (Å²) in [4.78, 5) is 12.7. The molecule has 0 aliphatic carbocycles. The molecule has 0 aliphatic heterocycles. The molecule has 23 heavy (non-hydrogen) atoms. The molecule has 0 spiro atoms. The van der Waals surface area contributed by atoms with E-state index in [1.165, 1.54) is 0 Å². The lowest BCUT2D eigenvalue weighted by Crippen LogP contribution is -2.15. The van der Waals surface area contributed by atoms with Gasteiger partial charge >= 0.3 is 5.97 Å². The van der Waals surface area contributed by atoms with Crippen molar-refractivity contribution in [3.05, 3.63) is 59.8 Å². The van der Waals surface area contributed by atoms with E-state index >= 15 is 0 Å². The quantitative estimate of drug-likeness (QED) is 0.675. The second kappa shape index (κ2) is 6.24. The van der Waals surface area contributed by atoms with Gasteiger partial charge in [0.25, 0.3) is 0 Å². The van der Waals surface area contributed by atoms with Gasteiger partial charge in [-0.25, -0.2) is 9.31 Å². The van der Waals surface area contributed by atoms with Gasteiger partial charge in [-0.2, -0.15) is 5.10 Å². The molecule has 0 aliphatic rings. The van der Waals surface area contributed by atoms with Crippen LogP contribution in [0.1, 0.15) is 42.6 Å². The van der Waals surface area contributed by atoms with Crippen LogP contribution in [-0.4, -0.2) is 22.2 Å². The van der Waals surface area contributed by atoms with Crippen molar-refractivity contribution >= 4 is 11.5 Å². The first-order valence-corrected chi connectivity index (χ1v) is 7.87. The van der Waals surface area contributed by atoms with Crippen LogP contribution in [-0.2, 0) is 4.74 Å². The summed E-state index contributed by atoms with van der Waals surface area (Å²) < 4.78 is 7.15. The van der Waals surface area contributed by atoms with Crippen LogP contribution in [0.3, 0.4) is 0 Å². The lowest BCUT2D eigenvalue weighted by atomic mass is 9.93. The van der Waals surface area contributed by atoms with Crippen molar-refractivity contribution in [2.75, 3.05) is 6.61 Å². The van der Waals surface area contributed by atoms with Crippen LogP contribution < -0.4 is 0 Å². The van der Waals surface area contributed by atoms with Gasteiger partial charge in [0, 0.05) is 11.8 Å². The van der Waals surface area contributed by atoms with Gasteiger partial charge in [-0.05, 0) is 30.5 Å². The number of nitrogens with zero attached hydrogens (tertiary/aromatic N) is 2. The molecule has 0 saturated heterocycles. The molecule has 3 aromatic rings. The zero-order chi connectivity index (χ0) is 16.4. The Balaban J connectivity index is 2.37. The number of hydrogen-bond donors (Lipinski definition) is 0. The molecule has 0 fully saturated rings. The third kappa shape index (κ3) is 2.72. The van der Waals surface area contributed by atoms with E-state index in [9.17, 15) is 4.79 Å². The van der Waals surface area contributed by atoms with E-state index in [4.69, 9.17) is 4.74 Å². The maximum absolute atomic E-state index is 12.7. The van der Waals surface area contributed by atoms with Gasteiger partial charge in [0.2, 0.25) is 0 Å². The predicted octanol–water partition coefficient (Wildman–Crippen LogP) is 4.30. The molecule has 0 amide bonds. The van der Waals surface area contributed by atoms with Crippen LogP contribution >= 0.6 is 0 Å². The molecular formula is C19H20N2O2. The van der Waals surface area contributed by atoms with Gasteiger partial charge in [0.1, 0.15) is 5.69 Å². The van der Waals surface area contributed by atoms with Gasteiger partial charge < -0.3 is 4.74 Å². The second-order valence-corrected chi connectivity index (χ2v) is 5.72. The summed E-state index contributed by atoms with van der Waals surface area (Å²) in [5.41, 5.74) is 4.06. The number of esters is 1. The topological polar surface area (TPSA) is 43.6 Å². The molecule has 2 heterocycles. The van der Waals surface area contributed by atoms with Crippen molar-refractivity contribution in [1.29, 1.82) is 0 Å². The largest absolute Gasteiger partial charge is 0.462 e. The van der Waals surface area contributed by atoms with Crippen molar-refractivity contribution in [3.8, 4) is 11.3 Å². The molecule has 0 bridgehead atoms. The molecular weight excluding hydrogens is 288 g/mol. The number of fused-ring (bicyclic) bond motifs is 1. The molecule has 1 aromatic carbocycles. The summed E-state index contributed by atoms with van der Waals surface area (Å²) in [5.74, 6) is -0.136. The van der Waals surface area contributed by atoms with E-state index in [1.54, 1.807) is 0 Å². The highest BCUT2D eigenvalue weighted by atomic mass is 16.5.